The Kier molecular flexibility index (Phi) is 5.48. The topological polar surface area (TPSA) is 92.4 Å². The summed E-state index contributed by atoms with van der Waals surface area (Å²) in [6.45, 7) is 0. The van der Waals surface area contributed by atoms with Gasteiger partial charge in [-0.25, -0.2) is 0 Å². The van der Waals surface area contributed by atoms with Crippen molar-refractivity contribution in [2.75, 3.05) is 0 Å². The number of benzene rings is 1. The van der Waals surface area contributed by atoms with E-state index in [0.29, 0.717) is 18.5 Å². The van der Waals surface area contributed by atoms with Crippen LogP contribution in [0.25, 0.3) is 0 Å². The van der Waals surface area contributed by atoms with Crippen LogP contribution >= 0.6 is 0 Å². The van der Waals surface area contributed by atoms with Crippen LogP contribution in [0.4, 0.5) is 0 Å². The molecule has 0 radical (unpaired) electrons. The number of carboxylic acids is 1. The lowest BCUT2D eigenvalue weighted by atomic mass is 9.96. The predicted molar refractivity (Wildman–Crippen MR) is 91.4 cm³/mol. The highest BCUT2D eigenvalue weighted by molar-refractivity contribution is 5.94. The lowest BCUT2D eigenvalue weighted by molar-refractivity contribution is -0.137. The molecule has 0 fully saturated rings. The maximum absolute atomic E-state index is 12.6. The van der Waals surface area contributed by atoms with E-state index in [1.54, 1.807) is 0 Å². The minimum absolute atomic E-state index is 0.00863. The van der Waals surface area contributed by atoms with Gasteiger partial charge in [0.1, 0.15) is 5.76 Å². The third-order valence-electron chi connectivity index (χ3n) is 4.53. The maximum atomic E-state index is 12.6. The van der Waals surface area contributed by atoms with E-state index in [4.69, 9.17) is 9.63 Å². The summed E-state index contributed by atoms with van der Waals surface area (Å²) in [5, 5.41) is 15.9. The number of carbonyl (C=O) groups is 2. The zero-order valence-electron chi connectivity index (χ0n) is 14.0. The first kappa shape index (κ1) is 17.2. The van der Waals surface area contributed by atoms with Crippen LogP contribution < -0.4 is 5.32 Å². The van der Waals surface area contributed by atoms with Crippen molar-refractivity contribution in [3.8, 4) is 0 Å². The number of amides is 1. The molecule has 1 aliphatic carbocycles. The van der Waals surface area contributed by atoms with E-state index in [-0.39, 0.29) is 18.4 Å². The summed E-state index contributed by atoms with van der Waals surface area (Å²) in [7, 11) is 0. The molecule has 1 amide bonds. The molecular formula is C19H22N2O4. The zero-order chi connectivity index (χ0) is 17.6. The van der Waals surface area contributed by atoms with Gasteiger partial charge in [0, 0.05) is 24.4 Å². The van der Waals surface area contributed by atoms with Crippen LogP contribution in [0.2, 0.25) is 0 Å². The van der Waals surface area contributed by atoms with Gasteiger partial charge in [-0.05, 0) is 37.7 Å². The van der Waals surface area contributed by atoms with E-state index < -0.39 is 5.97 Å². The molecule has 2 N–H and O–H groups in total. The SMILES string of the molecule is O=C(O)CCC(Cc1ccccc1)NC(=O)c1noc2c1CCCC2. The van der Waals surface area contributed by atoms with Crippen molar-refractivity contribution in [2.24, 2.45) is 0 Å². The Labute approximate surface area is 146 Å². The highest BCUT2D eigenvalue weighted by Crippen LogP contribution is 2.24. The number of rotatable bonds is 7. The monoisotopic (exact) mass is 342 g/mol. The lowest BCUT2D eigenvalue weighted by Gasteiger charge is -2.18. The van der Waals surface area contributed by atoms with E-state index in [9.17, 15) is 9.59 Å². The van der Waals surface area contributed by atoms with Crippen molar-refractivity contribution in [2.45, 2.75) is 51.0 Å². The third-order valence-corrected chi connectivity index (χ3v) is 4.53. The molecule has 0 bridgehead atoms. The molecule has 1 aliphatic rings. The molecular weight excluding hydrogens is 320 g/mol. The molecule has 1 atom stereocenters. The number of hydrogen-bond acceptors (Lipinski definition) is 4. The fourth-order valence-electron chi connectivity index (χ4n) is 3.24. The summed E-state index contributed by atoms with van der Waals surface area (Å²) < 4.78 is 5.30. The van der Waals surface area contributed by atoms with Gasteiger partial charge in [0.05, 0.1) is 0 Å². The summed E-state index contributed by atoms with van der Waals surface area (Å²) in [6, 6.07) is 9.46. The van der Waals surface area contributed by atoms with Gasteiger partial charge in [-0.1, -0.05) is 35.5 Å². The first-order valence-corrected chi connectivity index (χ1v) is 8.67. The van der Waals surface area contributed by atoms with Crippen LogP contribution in [0.15, 0.2) is 34.9 Å². The summed E-state index contributed by atoms with van der Waals surface area (Å²) in [4.78, 5) is 23.6. The first-order valence-electron chi connectivity index (χ1n) is 8.67. The van der Waals surface area contributed by atoms with E-state index in [0.717, 1.165) is 42.6 Å². The maximum Gasteiger partial charge on any atom is 0.303 e. The Bertz CT molecular complexity index is 739. The third kappa shape index (κ3) is 4.47. The minimum Gasteiger partial charge on any atom is -0.481 e. The largest absolute Gasteiger partial charge is 0.481 e. The van der Waals surface area contributed by atoms with Gasteiger partial charge in [-0.2, -0.15) is 0 Å². The Hall–Kier alpha value is -2.63. The number of nitrogens with one attached hydrogen (secondary N) is 1. The smallest absolute Gasteiger partial charge is 0.303 e. The highest BCUT2D eigenvalue weighted by Gasteiger charge is 2.25. The van der Waals surface area contributed by atoms with Crippen molar-refractivity contribution in [1.82, 2.24) is 10.5 Å². The summed E-state index contributed by atoms with van der Waals surface area (Å²) in [6.07, 6.45) is 4.67. The van der Waals surface area contributed by atoms with Crippen LogP contribution in [0, 0.1) is 0 Å². The molecule has 0 spiro atoms. The van der Waals surface area contributed by atoms with E-state index in [1.807, 2.05) is 30.3 Å². The van der Waals surface area contributed by atoms with Crippen molar-refractivity contribution >= 4 is 11.9 Å². The number of aromatic nitrogens is 1. The number of fused-ring (bicyclic) bond motifs is 1. The van der Waals surface area contributed by atoms with Crippen molar-refractivity contribution in [3.05, 3.63) is 52.9 Å². The Balaban J connectivity index is 1.71. The van der Waals surface area contributed by atoms with E-state index in [1.165, 1.54) is 0 Å². The lowest BCUT2D eigenvalue weighted by Crippen LogP contribution is -2.37. The molecule has 6 nitrogen and oxygen atoms in total. The standard InChI is InChI=1S/C19H22N2O4/c22-17(23)11-10-14(12-13-6-2-1-3-7-13)20-19(24)18-15-8-4-5-9-16(15)25-21-18/h1-3,6-7,14H,4-5,8-12H2,(H,20,24)(H,22,23). The fourth-order valence-corrected chi connectivity index (χ4v) is 3.24. The van der Waals surface area contributed by atoms with Gasteiger partial charge < -0.3 is 14.9 Å². The first-order chi connectivity index (χ1) is 12.1. The minimum atomic E-state index is -0.869. The van der Waals surface area contributed by atoms with E-state index in [2.05, 4.69) is 10.5 Å². The molecule has 2 aromatic rings. The summed E-state index contributed by atoms with van der Waals surface area (Å²) >= 11 is 0. The average Bonchev–Trinajstić information content (AvgIpc) is 3.04. The molecule has 0 saturated heterocycles. The molecule has 3 rings (SSSR count). The molecule has 132 valence electrons. The molecule has 1 aromatic carbocycles. The van der Waals surface area contributed by atoms with Gasteiger partial charge in [0.15, 0.2) is 5.69 Å². The normalized spacial score (nSPS) is 14.6. The average molecular weight is 342 g/mol. The fraction of sp³-hybridized carbons (Fsp3) is 0.421. The van der Waals surface area contributed by atoms with Gasteiger partial charge in [-0.3, -0.25) is 9.59 Å². The number of nitrogens with zero attached hydrogens (tertiary/aromatic N) is 1. The predicted octanol–water partition coefficient (Wildman–Crippen LogP) is 2.76. The van der Waals surface area contributed by atoms with E-state index >= 15 is 0 Å². The molecule has 25 heavy (non-hydrogen) atoms. The van der Waals surface area contributed by atoms with Crippen LogP contribution in [0.3, 0.4) is 0 Å². The zero-order valence-corrected chi connectivity index (χ0v) is 14.0. The number of aryl methyl sites for hydroxylation is 1. The number of aliphatic carboxylic acids is 1. The second-order valence-electron chi connectivity index (χ2n) is 6.43. The summed E-state index contributed by atoms with van der Waals surface area (Å²) in [5.41, 5.74) is 2.31. The number of carboxylic acid groups (broad SMARTS) is 1. The molecule has 0 saturated carbocycles. The van der Waals surface area contributed by atoms with Crippen molar-refractivity contribution in [3.63, 3.8) is 0 Å². The molecule has 1 aromatic heterocycles. The molecule has 1 unspecified atom stereocenters. The van der Waals surface area contributed by atoms with Gasteiger partial charge in [0.2, 0.25) is 0 Å². The van der Waals surface area contributed by atoms with Crippen LogP contribution in [-0.4, -0.2) is 28.2 Å². The quantitative estimate of drug-likeness (QED) is 0.807. The Morgan fingerprint density at radius 3 is 2.72 bits per heavy atom. The van der Waals surface area contributed by atoms with Gasteiger partial charge in [0.25, 0.3) is 5.91 Å². The van der Waals surface area contributed by atoms with Crippen LogP contribution in [0.1, 0.15) is 53.1 Å². The van der Waals surface area contributed by atoms with Gasteiger partial charge >= 0.3 is 5.97 Å². The van der Waals surface area contributed by atoms with Crippen LogP contribution in [0.5, 0.6) is 0 Å². The highest BCUT2D eigenvalue weighted by atomic mass is 16.5. The van der Waals surface area contributed by atoms with Gasteiger partial charge in [-0.15, -0.1) is 0 Å². The molecule has 6 heteroatoms. The number of hydrogen-bond donors (Lipinski definition) is 2. The Morgan fingerprint density at radius 1 is 1.20 bits per heavy atom. The summed E-state index contributed by atoms with van der Waals surface area (Å²) in [5.74, 6) is -0.342. The van der Waals surface area contributed by atoms with Crippen molar-refractivity contribution < 1.29 is 19.2 Å². The second-order valence-corrected chi connectivity index (χ2v) is 6.43. The Morgan fingerprint density at radius 2 is 1.96 bits per heavy atom. The van der Waals surface area contributed by atoms with Crippen LogP contribution in [-0.2, 0) is 24.1 Å². The molecule has 1 heterocycles. The second kappa shape index (κ2) is 7.96. The van der Waals surface area contributed by atoms with Crippen molar-refractivity contribution in [1.29, 1.82) is 0 Å². The molecule has 0 aliphatic heterocycles. The number of carbonyl (C=O) groups excluding carboxylic acids is 1.